The van der Waals surface area contributed by atoms with E-state index in [-0.39, 0.29) is 18.4 Å². The fourth-order valence-corrected chi connectivity index (χ4v) is 6.05. The van der Waals surface area contributed by atoms with Crippen molar-refractivity contribution >= 4 is 49.4 Å². The molecular formula is C30H33Br2N3O4. The molecule has 1 aliphatic rings. The summed E-state index contributed by atoms with van der Waals surface area (Å²) < 4.78 is 7.64. The summed E-state index contributed by atoms with van der Waals surface area (Å²) in [6.07, 6.45) is 0.893. The molecule has 1 heterocycles. The third-order valence-electron chi connectivity index (χ3n) is 6.53. The average Bonchev–Trinajstić information content (AvgIpc) is 3.34. The van der Waals surface area contributed by atoms with Gasteiger partial charge in [0.1, 0.15) is 5.75 Å². The maximum atomic E-state index is 13.5. The minimum Gasteiger partial charge on any atom is -0.494 e. The van der Waals surface area contributed by atoms with Gasteiger partial charge in [0.15, 0.2) is 0 Å². The molecule has 0 aliphatic carbocycles. The summed E-state index contributed by atoms with van der Waals surface area (Å²) >= 11 is 7.01. The lowest BCUT2D eigenvalue weighted by Crippen LogP contribution is -2.48. The smallest absolute Gasteiger partial charge is 0.251 e. The molecule has 206 valence electrons. The maximum Gasteiger partial charge on any atom is 0.251 e. The molecule has 2 atom stereocenters. The van der Waals surface area contributed by atoms with Crippen LogP contribution in [0.5, 0.6) is 5.75 Å². The monoisotopic (exact) mass is 657 g/mol. The Morgan fingerprint density at radius 1 is 1.05 bits per heavy atom. The number of aliphatic hydroxyl groups excluding tert-OH is 1. The van der Waals surface area contributed by atoms with Crippen LogP contribution in [-0.2, 0) is 17.8 Å². The van der Waals surface area contributed by atoms with E-state index in [1.54, 1.807) is 23.1 Å². The summed E-state index contributed by atoms with van der Waals surface area (Å²) in [5, 5.41) is 17.5. The highest BCUT2D eigenvalue weighted by molar-refractivity contribution is 9.11. The number of aliphatic hydroxyl groups is 1. The van der Waals surface area contributed by atoms with E-state index in [9.17, 15) is 14.7 Å². The van der Waals surface area contributed by atoms with E-state index >= 15 is 0 Å². The quantitative estimate of drug-likeness (QED) is 0.248. The normalized spacial score (nSPS) is 14.8. The lowest BCUT2D eigenvalue weighted by Gasteiger charge is -2.25. The number of ether oxygens (including phenoxy) is 1. The van der Waals surface area contributed by atoms with Gasteiger partial charge in [-0.2, -0.15) is 0 Å². The molecule has 9 heteroatoms. The Balaban J connectivity index is 1.50. The minimum absolute atomic E-state index is 0.0379. The third-order valence-corrected chi connectivity index (χ3v) is 7.45. The third kappa shape index (κ3) is 8.38. The minimum atomic E-state index is -0.848. The van der Waals surface area contributed by atoms with Gasteiger partial charge in [-0.15, -0.1) is 0 Å². The van der Waals surface area contributed by atoms with Gasteiger partial charge in [0, 0.05) is 52.3 Å². The fourth-order valence-electron chi connectivity index (χ4n) is 4.66. The standard InChI is InChI=1S/C30H33Br2N3O4/c1-2-39-26-15-22(14-25(17-26)35-10-6-9-29(35)37)30(38)34-27(13-20-7-4-3-5-8-20)28(36)19-33-18-21-11-23(31)16-24(32)12-21/h3-5,7-8,11-12,14-17,27-28,33,36H,2,6,9-10,13,18-19H2,1H3,(H,34,38). The Bertz CT molecular complexity index is 1270. The number of carbonyl (C=O) groups is 2. The lowest BCUT2D eigenvalue weighted by atomic mass is 10.00. The zero-order valence-corrected chi connectivity index (χ0v) is 25.0. The van der Waals surface area contributed by atoms with Crippen molar-refractivity contribution in [3.63, 3.8) is 0 Å². The summed E-state index contributed by atoms with van der Waals surface area (Å²) in [4.78, 5) is 27.6. The molecule has 0 spiro atoms. The van der Waals surface area contributed by atoms with Crippen molar-refractivity contribution < 1.29 is 19.4 Å². The van der Waals surface area contributed by atoms with Crippen LogP contribution in [0.1, 0.15) is 41.3 Å². The zero-order chi connectivity index (χ0) is 27.8. The molecule has 1 fully saturated rings. The predicted molar refractivity (Wildman–Crippen MR) is 160 cm³/mol. The van der Waals surface area contributed by atoms with Crippen LogP contribution in [0.2, 0.25) is 0 Å². The molecule has 0 saturated carbocycles. The van der Waals surface area contributed by atoms with E-state index in [2.05, 4.69) is 42.5 Å². The predicted octanol–water partition coefficient (Wildman–Crippen LogP) is 5.23. The number of carbonyl (C=O) groups excluding carboxylic acids is 2. The molecule has 39 heavy (non-hydrogen) atoms. The molecule has 0 aromatic heterocycles. The van der Waals surface area contributed by atoms with Crippen LogP contribution in [0.15, 0.2) is 75.7 Å². The maximum absolute atomic E-state index is 13.5. The van der Waals surface area contributed by atoms with Crippen LogP contribution < -0.4 is 20.3 Å². The van der Waals surface area contributed by atoms with Gasteiger partial charge in [0.25, 0.3) is 5.91 Å². The number of hydrogen-bond acceptors (Lipinski definition) is 5. The second-order valence-corrected chi connectivity index (χ2v) is 11.4. The van der Waals surface area contributed by atoms with Crippen LogP contribution in [0.3, 0.4) is 0 Å². The first-order chi connectivity index (χ1) is 18.8. The molecule has 1 aliphatic heterocycles. The first kappa shape index (κ1) is 29.3. The van der Waals surface area contributed by atoms with Crippen molar-refractivity contribution in [3.05, 3.63) is 92.4 Å². The van der Waals surface area contributed by atoms with Crippen LogP contribution in [0, 0.1) is 0 Å². The van der Waals surface area contributed by atoms with Gasteiger partial charge in [-0.25, -0.2) is 0 Å². The van der Waals surface area contributed by atoms with E-state index in [1.807, 2.05) is 55.5 Å². The summed E-state index contributed by atoms with van der Waals surface area (Å²) in [5.74, 6) is 0.234. The molecule has 7 nitrogen and oxygen atoms in total. The number of hydrogen-bond donors (Lipinski definition) is 3. The molecule has 3 aromatic rings. The Morgan fingerprint density at radius 2 is 1.79 bits per heavy atom. The molecule has 0 bridgehead atoms. The Labute approximate surface area is 246 Å². The van der Waals surface area contributed by atoms with Crippen LogP contribution in [0.25, 0.3) is 0 Å². The van der Waals surface area contributed by atoms with Crippen molar-refractivity contribution in [2.75, 3.05) is 24.6 Å². The number of anilines is 1. The van der Waals surface area contributed by atoms with Gasteiger partial charge >= 0.3 is 0 Å². The molecule has 3 N–H and O–H groups in total. The van der Waals surface area contributed by atoms with E-state index in [0.717, 1.165) is 26.5 Å². The largest absolute Gasteiger partial charge is 0.494 e. The Kier molecular flexibility index (Phi) is 10.6. The Hall–Kier alpha value is -2.72. The number of nitrogens with one attached hydrogen (secondary N) is 2. The number of amides is 2. The highest BCUT2D eigenvalue weighted by atomic mass is 79.9. The molecular weight excluding hydrogens is 626 g/mol. The average molecular weight is 659 g/mol. The molecule has 3 aromatic carbocycles. The molecule has 4 rings (SSSR count). The molecule has 2 amide bonds. The Morgan fingerprint density at radius 3 is 2.46 bits per heavy atom. The van der Waals surface area contributed by atoms with Gasteiger partial charge in [-0.3, -0.25) is 9.59 Å². The van der Waals surface area contributed by atoms with E-state index in [4.69, 9.17) is 4.74 Å². The van der Waals surface area contributed by atoms with E-state index < -0.39 is 12.1 Å². The van der Waals surface area contributed by atoms with E-state index in [1.165, 1.54) is 0 Å². The SMILES string of the molecule is CCOc1cc(C(=O)NC(Cc2ccccc2)C(O)CNCc2cc(Br)cc(Br)c2)cc(N2CCCC2=O)c1. The van der Waals surface area contributed by atoms with Crippen molar-refractivity contribution in [1.82, 2.24) is 10.6 Å². The molecule has 0 radical (unpaired) electrons. The number of halogens is 2. The van der Waals surface area contributed by atoms with E-state index in [0.29, 0.717) is 49.5 Å². The van der Waals surface area contributed by atoms with Crippen LogP contribution >= 0.6 is 31.9 Å². The highest BCUT2D eigenvalue weighted by Crippen LogP contribution is 2.28. The van der Waals surface area contributed by atoms with Gasteiger partial charge in [0.2, 0.25) is 5.91 Å². The first-order valence-electron chi connectivity index (χ1n) is 13.1. The van der Waals surface area contributed by atoms with Gasteiger partial charge in [-0.1, -0.05) is 62.2 Å². The summed E-state index contributed by atoms with van der Waals surface area (Å²) in [5.41, 5.74) is 3.09. The fraction of sp³-hybridized carbons (Fsp3) is 0.333. The van der Waals surface area contributed by atoms with Crippen molar-refractivity contribution in [2.24, 2.45) is 0 Å². The van der Waals surface area contributed by atoms with Crippen molar-refractivity contribution in [1.29, 1.82) is 0 Å². The number of benzene rings is 3. The van der Waals surface area contributed by atoms with Crippen LogP contribution in [-0.4, -0.2) is 48.8 Å². The lowest BCUT2D eigenvalue weighted by molar-refractivity contribution is -0.117. The molecule has 1 saturated heterocycles. The van der Waals surface area contributed by atoms with Gasteiger partial charge in [0.05, 0.1) is 18.8 Å². The molecule has 2 unspecified atom stereocenters. The number of rotatable bonds is 12. The summed E-state index contributed by atoms with van der Waals surface area (Å²) in [6.45, 7) is 3.78. The van der Waals surface area contributed by atoms with Gasteiger partial charge < -0.3 is 25.4 Å². The second-order valence-electron chi connectivity index (χ2n) is 9.54. The topological polar surface area (TPSA) is 90.9 Å². The van der Waals surface area contributed by atoms with Crippen molar-refractivity contribution in [2.45, 2.75) is 44.9 Å². The summed E-state index contributed by atoms with van der Waals surface area (Å²) in [6, 6.07) is 20.4. The zero-order valence-electron chi connectivity index (χ0n) is 21.8. The highest BCUT2D eigenvalue weighted by Gasteiger charge is 2.26. The summed E-state index contributed by atoms with van der Waals surface area (Å²) in [7, 11) is 0. The van der Waals surface area contributed by atoms with Gasteiger partial charge in [-0.05, 0) is 61.2 Å². The number of nitrogens with zero attached hydrogens (tertiary/aromatic N) is 1. The first-order valence-corrected chi connectivity index (χ1v) is 14.7. The second kappa shape index (κ2) is 14.1. The van der Waals surface area contributed by atoms with Crippen molar-refractivity contribution in [3.8, 4) is 5.75 Å². The van der Waals surface area contributed by atoms with Crippen LogP contribution in [0.4, 0.5) is 5.69 Å².